The van der Waals surface area contributed by atoms with Gasteiger partial charge in [0.25, 0.3) is 0 Å². The highest BCUT2D eigenvalue weighted by Crippen LogP contribution is 2.29. The highest BCUT2D eigenvalue weighted by molar-refractivity contribution is 9.10. The number of morpholine rings is 1. The van der Waals surface area contributed by atoms with Crippen LogP contribution in [0.4, 0.5) is 0 Å². The van der Waals surface area contributed by atoms with Crippen molar-refractivity contribution in [3.63, 3.8) is 0 Å². The highest BCUT2D eigenvalue weighted by Gasteiger charge is 2.23. The minimum Gasteiger partial charge on any atom is -0.481 e. The SMILES string of the molecule is O=C(O)C(CCN1CCOCC1)c1cc(Br)cs1. The molecule has 0 spiro atoms. The van der Waals surface area contributed by atoms with Crippen molar-refractivity contribution < 1.29 is 14.6 Å². The summed E-state index contributed by atoms with van der Waals surface area (Å²) in [4.78, 5) is 14.5. The number of thiophene rings is 1. The van der Waals surface area contributed by atoms with Crippen molar-refractivity contribution in [3.8, 4) is 0 Å². The fourth-order valence-corrected chi connectivity index (χ4v) is 3.61. The number of rotatable bonds is 5. The zero-order valence-corrected chi connectivity index (χ0v) is 12.4. The lowest BCUT2D eigenvalue weighted by atomic mass is 10.0. The van der Waals surface area contributed by atoms with Gasteiger partial charge in [-0.05, 0) is 35.0 Å². The molecule has 1 aromatic rings. The molecule has 1 atom stereocenters. The van der Waals surface area contributed by atoms with Gasteiger partial charge in [0.1, 0.15) is 0 Å². The van der Waals surface area contributed by atoms with E-state index in [-0.39, 0.29) is 0 Å². The molecular formula is C12H16BrNO3S. The lowest BCUT2D eigenvalue weighted by Crippen LogP contribution is -2.37. The summed E-state index contributed by atoms with van der Waals surface area (Å²) >= 11 is 4.87. The maximum atomic E-state index is 11.3. The van der Waals surface area contributed by atoms with Crippen molar-refractivity contribution >= 4 is 33.2 Å². The predicted octanol–water partition coefficient (Wildman–Crippen LogP) is 2.40. The Kier molecular flexibility index (Phi) is 5.17. The van der Waals surface area contributed by atoms with Crippen LogP contribution < -0.4 is 0 Å². The molecule has 18 heavy (non-hydrogen) atoms. The molecule has 1 N–H and O–H groups in total. The van der Waals surface area contributed by atoms with Crippen LogP contribution in [0.1, 0.15) is 17.2 Å². The molecule has 1 aromatic heterocycles. The second kappa shape index (κ2) is 6.65. The van der Waals surface area contributed by atoms with Gasteiger partial charge in [-0.2, -0.15) is 0 Å². The van der Waals surface area contributed by atoms with E-state index < -0.39 is 11.9 Å². The van der Waals surface area contributed by atoms with E-state index in [0.29, 0.717) is 6.42 Å². The summed E-state index contributed by atoms with van der Waals surface area (Å²) in [6.07, 6.45) is 0.655. The van der Waals surface area contributed by atoms with Gasteiger partial charge >= 0.3 is 5.97 Å². The van der Waals surface area contributed by atoms with E-state index in [9.17, 15) is 9.90 Å². The first-order valence-corrected chi connectivity index (χ1v) is 7.61. The Bertz CT molecular complexity index is 404. The van der Waals surface area contributed by atoms with Crippen molar-refractivity contribution in [1.29, 1.82) is 0 Å². The van der Waals surface area contributed by atoms with Crippen LogP contribution in [0.15, 0.2) is 15.9 Å². The minimum absolute atomic E-state index is 0.399. The van der Waals surface area contributed by atoms with Crippen molar-refractivity contribution in [2.24, 2.45) is 0 Å². The number of carbonyl (C=O) groups is 1. The number of carboxylic acid groups (broad SMARTS) is 1. The van der Waals surface area contributed by atoms with Crippen LogP contribution in [-0.2, 0) is 9.53 Å². The van der Waals surface area contributed by atoms with Gasteiger partial charge in [-0.3, -0.25) is 9.69 Å². The lowest BCUT2D eigenvalue weighted by Gasteiger charge is -2.27. The molecule has 1 fully saturated rings. The molecular weight excluding hydrogens is 318 g/mol. The Balaban J connectivity index is 1.92. The quantitative estimate of drug-likeness (QED) is 0.898. The first-order chi connectivity index (χ1) is 8.66. The smallest absolute Gasteiger partial charge is 0.311 e. The van der Waals surface area contributed by atoms with Gasteiger partial charge in [-0.15, -0.1) is 11.3 Å². The Hall–Kier alpha value is -0.430. The average molecular weight is 334 g/mol. The summed E-state index contributed by atoms with van der Waals surface area (Å²) in [5.74, 6) is -1.14. The standard InChI is InChI=1S/C12H16BrNO3S/c13-9-7-11(18-8-9)10(12(15)16)1-2-14-3-5-17-6-4-14/h7-8,10H,1-6H2,(H,15,16). The van der Waals surface area contributed by atoms with Gasteiger partial charge in [-0.25, -0.2) is 0 Å². The zero-order valence-electron chi connectivity index (χ0n) is 9.97. The molecule has 1 aliphatic heterocycles. The molecule has 4 nitrogen and oxygen atoms in total. The Morgan fingerprint density at radius 1 is 1.56 bits per heavy atom. The van der Waals surface area contributed by atoms with Crippen molar-refractivity contribution in [3.05, 3.63) is 20.8 Å². The molecule has 2 rings (SSSR count). The summed E-state index contributed by atoms with van der Waals surface area (Å²) in [5, 5.41) is 11.2. The van der Waals surface area contributed by atoms with Crippen LogP contribution in [0, 0.1) is 0 Å². The van der Waals surface area contributed by atoms with E-state index in [1.165, 1.54) is 11.3 Å². The number of aliphatic carboxylic acids is 1. The Morgan fingerprint density at radius 2 is 2.28 bits per heavy atom. The Morgan fingerprint density at radius 3 is 2.83 bits per heavy atom. The molecule has 1 saturated heterocycles. The van der Waals surface area contributed by atoms with Gasteiger partial charge in [0.05, 0.1) is 19.1 Å². The predicted molar refractivity (Wildman–Crippen MR) is 74.3 cm³/mol. The van der Waals surface area contributed by atoms with Crippen molar-refractivity contribution in [2.45, 2.75) is 12.3 Å². The number of nitrogens with zero attached hydrogens (tertiary/aromatic N) is 1. The fraction of sp³-hybridized carbons (Fsp3) is 0.583. The first-order valence-electron chi connectivity index (χ1n) is 5.93. The monoisotopic (exact) mass is 333 g/mol. The molecule has 0 saturated carbocycles. The molecule has 0 aliphatic carbocycles. The third-order valence-electron chi connectivity index (χ3n) is 3.07. The molecule has 0 bridgehead atoms. The van der Waals surface area contributed by atoms with Gasteiger partial charge in [0, 0.05) is 27.8 Å². The van der Waals surface area contributed by atoms with Crippen molar-refractivity contribution in [1.82, 2.24) is 4.90 Å². The molecule has 2 heterocycles. The van der Waals surface area contributed by atoms with Crippen LogP contribution in [-0.4, -0.2) is 48.8 Å². The fourth-order valence-electron chi connectivity index (χ4n) is 2.03. The summed E-state index contributed by atoms with van der Waals surface area (Å²) < 4.78 is 6.24. The van der Waals surface area contributed by atoms with E-state index in [4.69, 9.17) is 4.74 Å². The largest absolute Gasteiger partial charge is 0.481 e. The lowest BCUT2D eigenvalue weighted by molar-refractivity contribution is -0.139. The third-order valence-corrected chi connectivity index (χ3v) is 4.87. The van der Waals surface area contributed by atoms with Crippen LogP contribution in [0.25, 0.3) is 0 Å². The second-order valence-electron chi connectivity index (χ2n) is 4.30. The Labute approximate surface area is 119 Å². The van der Waals surface area contributed by atoms with Gasteiger partial charge in [-0.1, -0.05) is 0 Å². The van der Waals surface area contributed by atoms with E-state index in [1.54, 1.807) is 0 Å². The van der Waals surface area contributed by atoms with Crippen molar-refractivity contribution in [2.75, 3.05) is 32.8 Å². The first kappa shape index (κ1) is 14.0. The summed E-state index contributed by atoms with van der Waals surface area (Å²) in [6.45, 7) is 4.13. The number of hydrogen-bond donors (Lipinski definition) is 1. The number of carboxylic acids is 1. The van der Waals surface area contributed by atoms with E-state index in [2.05, 4.69) is 20.8 Å². The summed E-state index contributed by atoms with van der Waals surface area (Å²) in [7, 11) is 0. The molecule has 0 aromatic carbocycles. The van der Waals surface area contributed by atoms with Gasteiger partial charge in [0.15, 0.2) is 0 Å². The second-order valence-corrected chi connectivity index (χ2v) is 6.16. The summed E-state index contributed by atoms with van der Waals surface area (Å²) in [5.41, 5.74) is 0. The number of hydrogen-bond acceptors (Lipinski definition) is 4. The maximum absolute atomic E-state index is 11.3. The highest BCUT2D eigenvalue weighted by atomic mass is 79.9. The molecule has 1 unspecified atom stereocenters. The van der Waals surface area contributed by atoms with Crippen LogP contribution in [0.5, 0.6) is 0 Å². The van der Waals surface area contributed by atoms with Gasteiger partial charge in [0.2, 0.25) is 0 Å². The molecule has 0 radical (unpaired) electrons. The van der Waals surface area contributed by atoms with Crippen LogP contribution in [0.3, 0.4) is 0 Å². The van der Waals surface area contributed by atoms with Gasteiger partial charge < -0.3 is 9.84 Å². The van der Waals surface area contributed by atoms with Crippen LogP contribution in [0.2, 0.25) is 0 Å². The van der Waals surface area contributed by atoms with Crippen LogP contribution >= 0.6 is 27.3 Å². The average Bonchev–Trinajstić information content (AvgIpc) is 2.77. The zero-order chi connectivity index (χ0) is 13.0. The maximum Gasteiger partial charge on any atom is 0.311 e. The number of halogens is 1. The topological polar surface area (TPSA) is 49.8 Å². The van der Waals surface area contributed by atoms with E-state index in [1.807, 2.05) is 11.4 Å². The molecule has 100 valence electrons. The third kappa shape index (κ3) is 3.78. The minimum atomic E-state index is -0.738. The van der Waals surface area contributed by atoms with E-state index in [0.717, 1.165) is 42.2 Å². The van der Waals surface area contributed by atoms with E-state index >= 15 is 0 Å². The molecule has 1 aliphatic rings. The molecule has 6 heteroatoms. The summed E-state index contributed by atoms with van der Waals surface area (Å²) in [6, 6.07) is 1.91. The molecule has 0 amide bonds. The normalized spacial score (nSPS) is 18.7. The number of ether oxygens (including phenoxy) is 1.